The number of para-hydroxylation sites is 1. The van der Waals surface area contributed by atoms with Gasteiger partial charge in [0.05, 0.1) is 0 Å². The van der Waals surface area contributed by atoms with E-state index in [1.165, 1.54) is 0 Å². The molecule has 6 heteroatoms. The molecule has 2 rings (SSSR count). The van der Waals surface area contributed by atoms with Crippen molar-refractivity contribution in [2.24, 2.45) is 0 Å². The number of aliphatic carboxylic acids is 1. The third kappa shape index (κ3) is 7.06. The second kappa shape index (κ2) is 10.8. The second-order valence-corrected chi connectivity index (χ2v) is 7.99. The summed E-state index contributed by atoms with van der Waals surface area (Å²) in [7, 11) is 0. The number of carbonyl (C=O) groups is 1. The molecule has 156 valence electrons. The van der Waals surface area contributed by atoms with E-state index in [2.05, 4.69) is 50.5 Å². The number of nitrogens with one attached hydrogen (secondary N) is 2. The van der Waals surface area contributed by atoms with Gasteiger partial charge in [-0.1, -0.05) is 45.9 Å². The Hall–Kier alpha value is -2.60. The first-order valence-electron chi connectivity index (χ1n) is 9.95. The summed E-state index contributed by atoms with van der Waals surface area (Å²) >= 11 is 5.44. The van der Waals surface area contributed by atoms with Gasteiger partial charge in [-0.15, -0.1) is 0 Å². The lowest BCUT2D eigenvalue weighted by molar-refractivity contribution is -0.137. The van der Waals surface area contributed by atoms with Crippen LogP contribution in [0.4, 0.5) is 5.69 Å². The number of hydrogen-bond acceptors (Lipinski definition) is 3. The van der Waals surface area contributed by atoms with E-state index >= 15 is 0 Å². The van der Waals surface area contributed by atoms with Crippen molar-refractivity contribution in [3.05, 3.63) is 53.6 Å². The Kier molecular flexibility index (Phi) is 8.46. The quantitative estimate of drug-likeness (QED) is 0.352. The maximum absolute atomic E-state index is 10.6. The molecule has 0 saturated heterocycles. The van der Waals surface area contributed by atoms with E-state index in [1.807, 2.05) is 30.3 Å². The van der Waals surface area contributed by atoms with E-state index in [0.717, 1.165) is 28.3 Å². The fourth-order valence-corrected chi connectivity index (χ4v) is 3.20. The van der Waals surface area contributed by atoms with Crippen LogP contribution in [0.15, 0.2) is 42.5 Å². The molecule has 0 aromatic heterocycles. The Morgan fingerprint density at radius 2 is 1.62 bits per heavy atom. The van der Waals surface area contributed by atoms with Crippen molar-refractivity contribution in [2.45, 2.75) is 52.4 Å². The van der Waals surface area contributed by atoms with Crippen molar-refractivity contribution < 1.29 is 14.6 Å². The summed E-state index contributed by atoms with van der Waals surface area (Å²) in [6.45, 7) is 9.07. The molecule has 29 heavy (non-hydrogen) atoms. The fourth-order valence-electron chi connectivity index (χ4n) is 3.00. The molecule has 0 radical (unpaired) electrons. The fraction of sp³-hybridized carbons (Fsp3) is 0.391. The van der Waals surface area contributed by atoms with Gasteiger partial charge in [-0.05, 0) is 65.9 Å². The molecule has 0 aliphatic carbocycles. The molecule has 2 aromatic rings. The first-order chi connectivity index (χ1) is 13.8. The van der Waals surface area contributed by atoms with Crippen LogP contribution in [0.5, 0.6) is 11.5 Å². The van der Waals surface area contributed by atoms with E-state index in [9.17, 15) is 4.79 Å². The molecule has 0 bridgehead atoms. The minimum absolute atomic E-state index is 0.121. The summed E-state index contributed by atoms with van der Waals surface area (Å²) in [5.74, 6) is 1.33. The molecule has 0 aliphatic rings. The van der Waals surface area contributed by atoms with Gasteiger partial charge >= 0.3 is 5.97 Å². The average molecular weight is 415 g/mol. The monoisotopic (exact) mass is 414 g/mol. The molecule has 0 amide bonds. The summed E-state index contributed by atoms with van der Waals surface area (Å²) < 4.78 is 6.09. The molecule has 0 fully saturated rings. The summed E-state index contributed by atoms with van der Waals surface area (Å²) in [4.78, 5) is 10.6. The predicted molar refractivity (Wildman–Crippen MR) is 122 cm³/mol. The Balaban J connectivity index is 2.25. The van der Waals surface area contributed by atoms with Gasteiger partial charge in [0.1, 0.15) is 11.5 Å². The van der Waals surface area contributed by atoms with Crippen LogP contribution in [0.2, 0.25) is 0 Å². The largest absolute Gasteiger partial charge is 0.481 e. The van der Waals surface area contributed by atoms with Gasteiger partial charge in [0.2, 0.25) is 0 Å². The minimum atomic E-state index is -0.802. The van der Waals surface area contributed by atoms with Crippen LogP contribution in [0.25, 0.3) is 0 Å². The number of carboxylic acid groups (broad SMARTS) is 1. The van der Waals surface area contributed by atoms with Gasteiger partial charge in [-0.25, -0.2) is 0 Å². The number of carboxylic acids is 1. The van der Waals surface area contributed by atoms with Crippen molar-refractivity contribution in [1.29, 1.82) is 0 Å². The van der Waals surface area contributed by atoms with Crippen LogP contribution in [-0.4, -0.2) is 22.7 Å². The van der Waals surface area contributed by atoms with E-state index in [1.54, 1.807) is 0 Å². The minimum Gasteiger partial charge on any atom is -0.481 e. The molecule has 0 heterocycles. The van der Waals surface area contributed by atoms with E-state index in [4.69, 9.17) is 22.1 Å². The van der Waals surface area contributed by atoms with Crippen molar-refractivity contribution in [3.63, 3.8) is 0 Å². The van der Waals surface area contributed by atoms with Gasteiger partial charge in [-0.2, -0.15) is 0 Å². The van der Waals surface area contributed by atoms with Crippen molar-refractivity contribution in [1.82, 2.24) is 5.32 Å². The lowest BCUT2D eigenvalue weighted by Gasteiger charge is -2.23. The third-order valence-corrected chi connectivity index (χ3v) is 4.73. The zero-order chi connectivity index (χ0) is 21.4. The van der Waals surface area contributed by atoms with Crippen molar-refractivity contribution in [3.8, 4) is 11.5 Å². The first-order valence-corrected chi connectivity index (χ1v) is 10.4. The number of thiocarbonyl (C=S) groups is 1. The molecule has 3 N–H and O–H groups in total. The standard InChI is InChI=1S/C23H30N2O3S/c1-15(2)19-13-18(28-17-9-6-5-7-10-17)14-20(16(3)4)22(19)25-23(29)24-12-8-11-21(26)27/h5-7,9-10,13-16H,8,11-12H2,1-4H3,(H,26,27)(H2,24,25,29). The molecular weight excluding hydrogens is 384 g/mol. The normalized spacial score (nSPS) is 10.8. The van der Waals surface area contributed by atoms with Crippen molar-refractivity contribution in [2.75, 3.05) is 11.9 Å². The van der Waals surface area contributed by atoms with Crippen LogP contribution >= 0.6 is 12.2 Å². The zero-order valence-electron chi connectivity index (χ0n) is 17.5. The SMILES string of the molecule is CC(C)c1cc(Oc2ccccc2)cc(C(C)C)c1NC(=S)NCCCC(=O)O. The summed E-state index contributed by atoms with van der Waals surface area (Å²) in [6, 6.07) is 13.8. The van der Waals surface area contributed by atoms with Crippen LogP contribution in [-0.2, 0) is 4.79 Å². The number of benzene rings is 2. The number of rotatable bonds is 9. The highest BCUT2D eigenvalue weighted by Gasteiger charge is 2.18. The molecule has 0 saturated carbocycles. The van der Waals surface area contributed by atoms with Gasteiger partial charge in [0.15, 0.2) is 5.11 Å². The Morgan fingerprint density at radius 3 is 2.14 bits per heavy atom. The highest BCUT2D eigenvalue weighted by Crippen LogP contribution is 2.37. The molecule has 5 nitrogen and oxygen atoms in total. The van der Waals surface area contributed by atoms with E-state index in [0.29, 0.717) is 18.1 Å². The topological polar surface area (TPSA) is 70.6 Å². The molecule has 2 aromatic carbocycles. The van der Waals surface area contributed by atoms with Crippen LogP contribution < -0.4 is 15.4 Å². The van der Waals surface area contributed by atoms with E-state index < -0.39 is 5.97 Å². The van der Waals surface area contributed by atoms with Gasteiger partial charge in [0, 0.05) is 18.7 Å². The zero-order valence-corrected chi connectivity index (χ0v) is 18.3. The smallest absolute Gasteiger partial charge is 0.303 e. The summed E-state index contributed by atoms with van der Waals surface area (Å²) in [5.41, 5.74) is 3.24. The van der Waals surface area contributed by atoms with Gasteiger partial charge in [0.25, 0.3) is 0 Å². The van der Waals surface area contributed by atoms with Gasteiger partial charge < -0.3 is 20.5 Å². The summed E-state index contributed by atoms with van der Waals surface area (Å²) in [6.07, 6.45) is 0.644. The molecule has 0 aliphatic heterocycles. The molecular formula is C23H30N2O3S. The first kappa shape index (κ1) is 22.7. The van der Waals surface area contributed by atoms with Crippen LogP contribution in [0, 0.1) is 0 Å². The highest BCUT2D eigenvalue weighted by atomic mass is 32.1. The number of ether oxygens (including phenoxy) is 1. The maximum Gasteiger partial charge on any atom is 0.303 e. The van der Waals surface area contributed by atoms with Gasteiger partial charge in [-0.3, -0.25) is 4.79 Å². The highest BCUT2D eigenvalue weighted by molar-refractivity contribution is 7.80. The number of hydrogen-bond donors (Lipinski definition) is 3. The Bertz CT molecular complexity index is 806. The molecule has 0 atom stereocenters. The second-order valence-electron chi connectivity index (χ2n) is 7.58. The predicted octanol–water partition coefficient (Wildman–Crippen LogP) is 5.88. The Labute approximate surface area is 178 Å². The maximum atomic E-state index is 10.6. The van der Waals surface area contributed by atoms with Crippen molar-refractivity contribution >= 4 is 29.0 Å². The van der Waals surface area contributed by atoms with Crippen LogP contribution in [0.1, 0.15) is 63.5 Å². The third-order valence-electron chi connectivity index (χ3n) is 4.49. The lowest BCUT2D eigenvalue weighted by atomic mass is 9.92. The average Bonchev–Trinajstić information content (AvgIpc) is 2.66. The summed E-state index contributed by atoms with van der Waals surface area (Å²) in [5, 5.41) is 15.7. The van der Waals surface area contributed by atoms with Crippen LogP contribution in [0.3, 0.4) is 0 Å². The Morgan fingerprint density at radius 1 is 1.03 bits per heavy atom. The van der Waals surface area contributed by atoms with E-state index in [-0.39, 0.29) is 18.3 Å². The molecule has 0 spiro atoms. The lowest BCUT2D eigenvalue weighted by Crippen LogP contribution is -2.30. The molecule has 0 unspecified atom stereocenters. The number of anilines is 1.